The van der Waals surface area contributed by atoms with Gasteiger partial charge in [-0.05, 0) is 42.2 Å². The van der Waals surface area contributed by atoms with Crippen LogP contribution in [0.15, 0.2) is 24.3 Å². The average molecular weight is 394 g/mol. The lowest BCUT2D eigenvalue weighted by Crippen LogP contribution is -2.44. The van der Waals surface area contributed by atoms with Crippen molar-refractivity contribution < 1.29 is 9.59 Å². The molecule has 1 aliphatic carbocycles. The first-order chi connectivity index (χ1) is 12.8. The maximum absolute atomic E-state index is 13.0. The molecule has 0 heterocycles. The van der Waals surface area contributed by atoms with Gasteiger partial charge in [-0.15, -0.1) is 0 Å². The van der Waals surface area contributed by atoms with Gasteiger partial charge in [0.15, 0.2) is 0 Å². The Morgan fingerprint density at radius 2 is 1.96 bits per heavy atom. The fraction of sp³-hybridized carbons (Fsp3) is 0.619. The van der Waals surface area contributed by atoms with E-state index >= 15 is 0 Å². The third kappa shape index (κ3) is 5.94. The number of nitrogens with one attached hydrogen (secondary N) is 2. The summed E-state index contributed by atoms with van der Waals surface area (Å²) in [6.07, 6.45) is 3.19. The number of amides is 2. The Balaban J connectivity index is 2.09. The Kier molecular flexibility index (Phi) is 8.11. The van der Waals surface area contributed by atoms with Crippen LogP contribution < -0.4 is 16.4 Å². The van der Waals surface area contributed by atoms with Crippen LogP contribution in [-0.2, 0) is 9.59 Å². The number of carbonyl (C=O) groups is 2. The topological polar surface area (TPSA) is 84.2 Å². The molecule has 0 bridgehead atoms. The van der Waals surface area contributed by atoms with Gasteiger partial charge in [0.05, 0.1) is 12.6 Å². The lowest BCUT2D eigenvalue weighted by Gasteiger charge is -2.36. The van der Waals surface area contributed by atoms with Crippen LogP contribution >= 0.6 is 11.6 Å². The van der Waals surface area contributed by atoms with Crippen LogP contribution in [0.4, 0.5) is 0 Å². The Labute approximate surface area is 167 Å². The summed E-state index contributed by atoms with van der Waals surface area (Å²) in [7, 11) is 0. The predicted octanol–water partition coefficient (Wildman–Crippen LogP) is 3.28. The molecule has 1 aliphatic rings. The van der Waals surface area contributed by atoms with Crippen molar-refractivity contribution >= 4 is 23.4 Å². The Bertz CT molecular complexity index is 650. The number of benzene rings is 1. The standard InChI is InChI=1S/C21H32ClN3O2/c1-13(2)15-9-8-14(3)10-17(15)21(27)24-12-19(25-20(26)11-23)16-6-4-5-7-18(16)22/h4-7,13-15,17,19H,8-12,23H2,1-3H3,(H,24,27)(H,25,26)/t14-,15+,17-,19-/m1/s1. The normalized spacial score (nSPS) is 23.7. The second-order valence-electron chi connectivity index (χ2n) is 8.02. The van der Waals surface area contributed by atoms with Crippen molar-refractivity contribution in [1.29, 1.82) is 0 Å². The molecule has 2 rings (SSSR count). The lowest BCUT2D eigenvalue weighted by molar-refractivity contribution is -0.129. The van der Waals surface area contributed by atoms with Gasteiger partial charge in [0.2, 0.25) is 11.8 Å². The van der Waals surface area contributed by atoms with E-state index in [-0.39, 0.29) is 24.3 Å². The van der Waals surface area contributed by atoms with E-state index in [1.807, 2.05) is 18.2 Å². The van der Waals surface area contributed by atoms with Crippen LogP contribution in [0, 0.1) is 23.7 Å². The lowest BCUT2D eigenvalue weighted by atomic mass is 9.70. The molecule has 0 unspecified atom stereocenters. The first-order valence-electron chi connectivity index (χ1n) is 9.85. The number of carbonyl (C=O) groups excluding carboxylic acids is 2. The van der Waals surface area contributed by atoms with Crippen LogP contribution in [0.25, 0.3) is 0 Å². The maximum atomic E-state index is 13.0. The number of hydrogen-bond donors (Lipinski definition) is 3. The minimum Gasteiger partial charge on any atom is -0.353 e. The molecule has 5 nitrogen and oxygen atoms in total. The molecule has 27 heavy (non-hydrogen) atoms. The van der Waals surface area contributed by atoms with Crippen molar-refractivity contribution in [3.63, 3.8) is 0 Å². The molecule has 1 aromatic rings. The second-order valence-corrected chi connectivity index (χ2v) is 8.43. The molecule has 1 aromatic carbocycles. The Morgan fingerprint density at radius 3 is 2.59 bits per heavy atom. The summed E-state index contributed by atoms with van der Waals surface area (Å²) in [6, 6.07) is 6.93. The maximum Gasteiger partial charge on any atom is 0.234 e. The monoisotopic (exact) mass is 393 g/mol. The van der Waals surface area contributed by atoms with E-state index in [9.17, 15) is 9.59 Å². The van der Waals surface area contributed by atoms with E-state index in [2.05, 4.69) is 31.4 Å². The third-order valence-electron chi connectivity index (χ3n) is 5.64. The van der Waals surface area contributed by atoms with Gasteiger partial charge in [0, 0.05) is 17.5 Å². The SMILES string of the molecule is CC(C)[C@@H]1CC[C@@H](C)C[C@H]1C(=O)NC[C@@H](NC(=O)CN)c1ccccc1Cl. The zero-order valence-corrected chi connectivity index (χ0v) is 17.3. The first kappa shape index (κ1) is 21.7. The van der Waals surface area contributed by atoms with Gasteiger partial charge in [-0.2, -0.15) is 0 Å². The van der Waals surface area contributed by atoms with Gasteiger partial charge in [-0.25, -0.2) is 0 Å². The molecule has 4 atom stereocenters. The summed E-state index contributed by atoms with van der Waals surface area (Å²) in [6.45, 7) is 6.78. The average Bonchev–Trinajstić information content (AvgIpc) is 2.64. The molecule has 0 aromatic heterocycles. The summed E-state index contributed by atoms with van der Waals surface area (Å²) < 4.78 is 0. The molecular weight excluding hydrogens is 362 g/mol. The van der Waals surface area contributed by atoms with E-state index in [4.69, 9.17) is 17.3 Å². The van der Waals surface area contributed by atoms with Gasteiger partial charge in [-0.1, -0.05) is 57.0 Å². The van der Waals surface area contributed by atoms with E-state index in [1.54, 1.807) is 6.07 Å². The Morgan fingerprint density at radius 1 is 1.26 bits per heavy atom. The highest BCUT2D eigenvalue weighted by Crippen LogP contribution is 2.38. The molecule has 6 heteroatoms. The summed E-state index contributed by atoms with van der Waals surface area (Å²) in [5.41, 5.74) is 6.22. The molecule has 0 spiro atoms. The molecule has 0 aliphatic heterocycles. The third-order valence-corrected chi connectivity index (χ3v) is 5.98. The smallest absolute Gasteiger partial charge is 0.234 e. The zero-order chi connectivity index (χ0) is 20.0. The predicted molar refractivity (Wildman–Crippen MR) is 109 cm³/mol. The molecule has 1 fully saturated rings. The highest BCUT2D eigenvalue weighted by molar-refractivity contribution is 6.31. The highest BCUT2D eigenvalue weighted by atomic mass is 35.5. The highest BCUT2D eigenvalue weighted by Gasteiger charge is 2.35. The molecular formula is C21H32ClN3O2. The second kappa shape index (κ2) is 10.1. The van der Waals surface area contributed by atoms with Crippen LogP contribution in [0.5, 0.6) is 0 Å². The summed E-state index contributed by atoms with van der Waals surface area (Å²) in [4.78, 5) is 24.8. The molecule has 4 N–H and O–H groups in total. The quantitative estimate of drug-likeness (QED) is 0.664. The molecule has 2 amide bonds. The number of hydrogen-bond acceptors (Lipinski definition) is 3. The largest absolute Gasteiger partial charge is 0.353 e. The van der Waals surface area contributed by atoms with Crippen LogP contribution in [0.3, 0.4) is 0 Å². The van der Waals surface area contributed by atoms with Gasteiger partial charge < -0.3 is 16.4 Å². The molecule has 0 radical (unpaired) electrons. The number of rotatable bonds is 7. The minimum atomic E-state index is -0.405. The van der Waals surface area contributed by atoms with E-state index in [0.717, 1.165) is 18.4 Å². The Hall–Kier alpha value is -1.59. The van der Waals surface area contributed by atoms with Crippen LogP contribution in [0.1, 0.15) is 51.6 Å². The van der Waals surface area contributed by atoms with Crippen molar-refractivity contribution in [3.8, 4) is 0 Å². The molecule has 150 valence electrons. The van der Waals surface area contributed by atoms with Crippen molar-refractivity contribution in [3.05, 3.63) is 34.9 Å². The summed E-state index contributed by atoms with van der Waals surface area (Å²) in [5.74, 6) is 1.25. The van der Waals surface area contributed by atoms with Gasteiger partial charge in [0.25, 0.3) is 0 Å². The zero-order valence-electron chi connectivity index (χ0n) is 16.5. The van der Waals surface area contributed by atoms with Gasteiger partial charge in [-0.3, -0.25) is 9.59 Å². The van der Waals surface area contributed by atoms with E-state index in [0.29, 0.717) is 29.3 Å². The van der Waals surface area contributed by atoms with Crippen molar-refractivity contribution in [2.24, 2.45) is 29.4 Å². The summed E-state index contributed by atoms with van der Waals surface area (Å²) >= 11 is 6.30. The van der Waals surface area contributed by atoms with E-state index in [1.165, 1.54) is 6.42 Å². The van der Waals surface area contributed by atoms with Crippen molar-refractivity contribution in [1.82, 2.24) is 10.6 Å². The van der Waals surface area contributed by atoms with Crippen LogP contribution in [-0.4, -0.2) is 24.9 Å². The summed E-state index contributed by atoms with van der Waals surface area (Å²) in [5, 5.41) is 6.48. The fourth-order valence-electron chi connectivity index (χ4n) is 4.09. The minimum absolute atomic E-state index is 0.0193. The van der Waals surface area contributed by atoms with Crippen molar-refractivity contribution in [2.75, 3.05) is 13.1 Å². The van der Waals surface area contributed by atoms with Gasteiger partial charge >= 0.3 is 0 Å². The number of nitrogens with two attached hydrogens (primary N) is 1. The number of halogens is 1. The first-order valence-corrected chi connectivity index (χ1v) is 10.2. The fourth-order valence-corrected chi connectivity index (χ4v) is 4.35. The molecule has 0 saturated heterocycles. The van der Waals surface area contributed by atoms with Crippen molar-refractivity contribution in [2.45, 2.75) is 46.1 Å². The van der Waals surface area contributed by atoms with Gasteiger partial charge in [0.1, 0.15) is 0 Å². The molecule has 1 saturated carbocycles. The van der Waals surface area contributed by atoms with Crippen LogP contribution in [0.2, 0.25) is 5.02 Å². The van der Waals surface area contributed by atoms with E-state index < -0.39 is 6.04 Å².